The first kappa shape index (κ1) is 11.3. The van der Waals surface area contributed by atoms with Crippen molar-refractivity contribution in [3.63, 3.8) is 0 Å². The summed E-state index contributed by atoms with van der Waals surface area (Å²) in [6.45, 7) is 3.95. The van der Waals surface area contributed by atoms with Crippen molar-refractivity contribution in [2.24, 2.45) is 0 Å². The Morgan fingerprint density at radius 2 is 1.94 bits per heavy atom. The molecule has 2 N–H and O–H groups in total. The number of carbonyl (C=O) groups is 1. The molecule has 0 saturated carbocycles. The van der Waals surface area contributed by atoms with Gasteiger partial charge in [0.05, 0.1) is 0 Å². The molecule has 0 radical (unpaired) electrons. The number of nitrogen functional groups attached to an aromatic ring is 1. The van der Waals surface area contributed by atoms with E-state index in [2.05, 4.69) is 0 Å². The van der Waals surface area contributed by atoms with Gasteiger partial charge in [-0.3, -0.25) is 0 Å². The summed E-state index contributed by atoms with van der Waals surface area (Å²) in [5.74, 6) is 0.232. The Balaban J connectivity index is 2.15. The second kappa shape index (κ2) is 4.33. The summed E-state index contributed by atoms with van der Waals surface area (Å²) < 4.78 is 10.1. The van der Waals surface area contributed by atoms with Crippen molar-refractivity contribution in [1.29, 1.82) is 0 Å². The molecule has 0 aliphatic rings. The second-order valence-corrected chi connectivity index (χ2v) is 3.84. The summed E-state index contributed by atoms with van der Waals surface area (Å²) in [5.41, 5.74) is 7.59. The van der Waals surface area contributed by atoms with E-state index < -0.39 is 5.97 Å². The van der Waals surface area contributed by atoms with Crippen LogP contribution >= 0.6 is 0 Å². The Bertz CT molecular complexity index is 558. The molecule has 0 fully saturated rings. The van der Waals surface area contributed by atoms with Crippen LogP contribution in [-0.4, -0.2) is 5.97 Å². The standard InChI is InChI=1S/C13H13NO3/c1-8-3-4-10(7-9(8)2)16-13(15)11-5-6-12(14)17-11/h3-7H,14H2,1-2H3. The minimum Gasteiger partial charge on any atom is -0.434 e. The monoisotopic (exact) mass is 231 g/mol. The van der Waals surface area contributed by atoms with Crippen molar-refractivity contribution < 1.29 is 13.9 Å². The molecule has 0 amide bonds. The fourth-order valence-electron chi connectivity index (χ4n) is 1.40. The van der Waals surface area contributed by atoms with E-state index in [-0.39, 0.29) is 11.6 Å². The minimum absolute atomic E-state index is 0.0979. The van der Waals surface area contributed by atoms with Crippen LogP contribution < -0.4 is 10.5 Å². The number of furan rings is 1. The molecule has 4 heteroatoms. The van der Waals surface area contributed by atoms with Gasteiger partial charge in [-0.25, -0.2) is 4.79 Å². The number of hydrogen-bond acceptors (Lipinski definition) is 4. The van der Waals surface area contributed by atoms with Gasteiger partial charge in [-0.2, -0.15) is 0 Å². The molecule has 0 aliphatic carbocycles. The molecule has 0 saturated heterocycles. The maximum atomic E-state index is 11.7. The van der Waals surface area contributed by atoms with Crippen molar-refractivity contribution in [3.8, 4) is 5.75 Å². The van der Waals surface area contributed by atoms with Crippen molar-refractivity contribution >= 4 is 11.9 Å². The summed E-state index contributed by atoms with van der Waals surface area (Å²) in [4.78, 5) is 11.7. The Kier molecular flexibility index (Phi) is 2.87. The third-order valence-electron chi connectivity index (χ3n) is 2.52. The number of anilines is 1. The lowest BCUT2D eigenvalue weighted by Gasteiger charge is -2.05. The van der Waals surface area contributed by atoms with Gasteiger partial charge >= 0.3 is 5.97 Å². The average molecular weight is 231 g/mol. The lowest BCUT2D eigenvalue weighted by atomic mass is 10.1. The van der Waals surface area contributed by atoms with E-state index in [4.69, 9.17) is 14.9 Å². The number of rotatable bonds is 2. The number of aryl methyl sites for hydroxylation is 2. The number of nitrogens with two attached hydrogens (primary N) is 1. The van der Waals surface area contributed by atoms with E-state index in [0.717, 1.165) is 11.1 Å². The molecule has 4 nitrogen and oxygen atoms in total. The van der Waals surface area contributed by atoms with Gasteiger partial charge in [-0.15, -0.1) is 0 Å². The molecule has 88 valence electrons. The van der Waals surface area contributed by atoms with Gasteiger partial charge in [0, 0.05) is 6.07 Å². The van der Waals surface area contributed by atoms with Gasteiger partial charge in [0.25, 0.3) is 0 Å². The van der Waals surface area contributed by atoms with Crippen LogP contribution in [0.25, 0.3) is 0 Å². The number of carbonyl (C=O) groups excluding carboxylic acids is 1. The molecule has 1 heterocycles. The van der Waals surface area contributed by atoms with Gasteiger partial charge in [0.1, 0.15) is 5.75 Å². The molecule has 2 aromatic rings. The zero-order chi connectivity index (χ0) is 12.4. The predicted octanol–water partition coefficient (Wildman–Crippen LogP) is 2.70. The van der Waals surface area contributed by atoms with Crippen LogP contribution in [0.1, 0.15) is 21.7 Å². The van der Waals surface area contributed by atoms with E-state index in [9.17, 15) is 4.79 Å². The van der Waals surface area contributed by atoms with Crippen molar-refractivity contribution in [2.75, 3.05) is 5.73 Å². The molecule has 17 heavy (non-hydrogen) atoms. The molecule has 0 aliphatic heterocycles. The normalized spacial score (nSPS) is 10.2. The zero-order valence-electron chi connectivity index (χ0n) is 9.69. The lowest BCUT2D eigenvalue weighted by Crippen LogP contribution is -2.07. The molecule has 1 aromatic carbocycles. The van der Waals surface area contributed by atoms with Gasteiger partial charge in [0.2, 0.25) is 5.76 Å². The van der Waals surface area contributed by atoms with Gasteiger partial charge in [-0.1, -0.05) is 6.07 Å². The molecule has 0 unspecified atom stereocenters. The summed E-state index contributed by atoms with van der Waals surface area (Å²) in [5, 5.41) is 0. The Hall–Kier alpha value is -2.23. The van der Waals surface area contributed by atoms with E-state index in [1.165, 1.54) is 12.1 Å². The Morgan fingerprint density at radius 1 is 1.18 bits per heavy atom. The van der Waals surface area contributed by atoms with E-state index in [1.807, 2.05) is 19.9 Å². The highest BCUT2D eigenvalue weighted by atomic mass is 16.5. The van der Waals surface area contributed by atoms with Crippen LogP contribution in [0.5, 0.6) is 5.75 Å². The molecular formula is C13H13NO3. The summed E-state index contributed by atoms with van der Waals surface area (Å²) in [6, 6.07) is 8.44. The van der Waals surface area contributed by atoms with Crippen LogP contribution in [0.4, 0.5) is 5.88 Å². The first-order chi connectivity index (χ1) is 8.06. The summed E-state index contributed by atoms with van der Waals surface area (Å²) >= 11 is 0. The van der Waals surface area contributed by atoms with E-state index in [0.29, 0.717) is 5.75 Å². The number of benzene rings is 1. The van der Waals surface area contributed by atoms with Crippen molar-refractivity contribution in [1.82, 2.24) is 0 Å². The highest BCUT2D eigenvalue weighted by Crippen LogP contribution is 2.18. The van der Waals surface area contributed by atoms with E-state index >= 15 is 0 Å². The predicted molar refractivity (Wildman–Crippen MR) is 64.0 cm³/mol. The summed E-state index contributed by atoms with van der Waals surface area (Å²) in [6.07, 6.45) is 0. The quantitative estimate of drug-likeness (QED) is 0.637. The highest BCUT2D eigenvalue weighted by Gasteiger charge is 2.13. The largest absolute Gasteiger partial charge is 0.434 e. The Labute approximate surface area is 99.0 Å². The highest BCUT2D eigenvalue weighted by molar-refractivity contribution is 5.88. The van der Waals surface area contributed by atoms with Crippen LogP contribution in [0.3, 0.4) is 0 Å². The topological polar surface area (TPSA) is 65.5 Å². The summed E-state index contributed by atoms with van der Waals surface area (Å²) in [7, 11) is 0. The fraction of sp³-hybridized carbons (Fsp3) is 0.154. The fourth-order valence-corrected chi connectivity index (χ4v) is 1.40. The van der Waals surface area contributed by atoms with Crippen LogP contribution in [0.2, 0.25) is 0 Å². The smallest absolute Gasteiger partial charge is 0.379 e. The average Bonchev–Trinajstić information content (AvgIpc) is 2.70. The van der Waals surface area contributed by atoms with Crippen molar-refractivity contribution in [3.05, 3.63) is 47.2 Å². The van der Waals surface area contributed by atoms with Crippen LogP contribution in [0, 0.1) is 13.8 Å². The maximum absolute atomic E-state index is 11.7. The van der Waals surface area contributed by atoms with Gasteiger partial charge < -0.3 is 14.9 Å². The van der Waals surface area contributed by atoms with Crippen LogP contribution in [0.15, 0.2) is 34.7 Å². The van der Waals surface area contributed by atoms with Gasteiger partial charge in [-0.05, 0) is 43.2 Å². The number of hydrogen-bond donors (Lipinski definition) is 1. The molecule has 0 bridgehead atoms. The molecule has 0 spiro atoms. The SMILES string of the molecule is Cc1ccc(OC(=O)c2ccc(N)o2)cc1C. The molecule has 0 atom stereocenters. The molecular weight excluding hydrogens is 218 g/mol. The zero-order valence-corrected chi connectivity index (χ0v) is 9.69. The van der Waals surface area contributed by atoms with Gasteiger partial charge in [0.15, 0.2) is 5.88 Å². The number of esters is 1. The first-order valence-electron chi connectivity index (χ1n) is 5.21. The Morgan fingerprint density at radius 3 is 2.53 bits per heavy atom. The van der Waals surface area contributed by atoms with Crippen molar-refractivity contribution in [2.45, 2.75) is 13.8 Å². The van der Waals surface area contributed by atoms with E-state index in [1.54, 1.807) is 12.1 Å². The first-order valence-corrected chi connectivity index (χ1v) is 5.21. The number of ether oxygens (including phenoxy) is 1. The third-order valence-corrected chi connectivity index (χ3v) is 2.52. The molecule has 2 rings (SSSR count). The minimum atomic E-state index is -0.551. The maximum Gasteiger partial charge on any atom is 0.379 e. The third kappa shape index (κ3) is 2.47. The second-order valence-electron chi connectivity index (χ2n) is 3.84. The lowest BCUT2D eigenvalue weighted by molar-refractivity contribution is 0.0702. The van der Waals surface area contributed by atoms with Crippen LogP contribution in [-0.2, 0) is 0 Å². The molecule has 1 aromatic heterocycles.